The Balaban J connectivity index is 1.77. The molecular weight excluding hydrogens is 264 g/mol. The topological polar surface area (TPSA) is 55.1 Å². The zero-order valence-corrected chi connectivity index (χ0v) is 11.4. The van der Waals surface area contributed by atoms with Crippen LogP contribution in [-0.4, -0.2) is 11.7 Å². The fourth-order valence-corrected chi connectivity index (χ4v) is 3.21. The van der Waals surface area contributed by atoms with E-state index in [1.807, 2.05) is 23.6 Å². The van der Waals surface area contributed by atoms with E-state index in [0.29, 0.717) is 17.8 Å². The van der Waals surface area contributed by atoms with E-state index in [0.717, 1.165) is 5.75 Å². The molecule has 1 aromatic carbocycles. The van der Waals surface area contributed by atoms with Crippen LogP contribution in [0, 0.1) is 0 Å². The lowest BCUT2D eigenvalue weighted by Gasteiger charge is -2.07. The number of amides is 1. The molecule has 0 saturated heterocycles. The maximum atomic E-state index is 11.7. The third kappa shape index (κ3) is 3.78. The summed E-state index contributed by atoms with van der Waals surface area (Å²) in [5.74, 6) is 0.774. The van der Waals surface area contributed by atoms with Gasteiger partial charge in [0.05, 0.1) is 15.6 Å². The number of hydrogen-bond acceptors (Lipinski definition) is 4. The SMILES string of the molecule is Nc1ccccc1NC(=O)CCSc1cccs1. The van der Waals surface area contributed by atoms with Crippen molar-refractivity contribution in [1.29, 1.82) is 0 Å². The number of para-hydroxylation sites is 2. The van der Waals surface area contributed by atoms with Gasteiger partial charge in [-0.15, -0.1) is 23.1 Å². The van der Waals surface area contributed by atoms with E-state index in [1.54, 1.807) is 35.2 Å². The summed E-state index contributed by atoms with van der Waals surface area (Å²) in [5.41, 5.74) is 7.03. The highest BCUT2D eigenvalue weighted by Crippen LogP contribution is 2.24. The summed E-state index contributed by atoms with van der Waals surface area (Å²) >= 11 is 3.39. The van der Waals surface area contributed by atoms with Crippen molar-refractivity contribution >= 4 is 40.4 Å². The Morgan fingerprint density at radius 3 is 2.83 bits per heavy atom. The van der Waals surface area contributed by atoms with Crippen molar-refractivity contribution in [3.63, 3.8) is 0 Å². The van der Waals surface area contributed by atoms with Crippen molar-refractivity contribution in [2.45, 2.75) is 10.6 Å². The first-order chi connectivity index (χ1) is 8.75. The fourth-order valence-electron chi connectivity index (χ4n) is 1.41. The number of benzene rings is 1. The number of anilines is 2. The Morgan fingerprint density at radius 1 is 1.28 bits per heavy atom. The number of nitrogens with two attached hydrogens (primary N) is 1. The second kappa shape index (κ2) is 6.47. The lowest BCUT2D eigenvalue weighted by atomic mass is 10.2. The van der Waals surface area contributed by atoms with Gasteiger partial charge in [-0.25, -0.2) is 0 Å². The normalized spacial score (nSPS) is 10.2. The first kappa shape index (κ1) is 13.0. The standard InChI is InChI=1S/C13H14N2OS2/c14-10-4-1-2-5-11(10)15-12(16)7-9-18-13-6-3-8-17-13/h1-6,8H,7,9,14H2,(H,15,16). The molecule has 0 bridgehead atoms. The minimum Gasteiger partial charge on any atom is -0.397 e. The van der Waals surface area contributed by atoms with E-state index < -0.39 is 0 Å². The Morgan fingerprint density at radius 2 is 2.11 bits per heavy atom. The van der Waals surface area contributed by atoms with Gasteiger partial charge in [0.25, 0.3) is 0 Å². The van der Waals surface area contributed by atoms with Crippen molar-refractivity contribution in [2.24, 2.45) is 0 Å². The van der Waals surface area contributed by atoms with E-state index >= 15 is 0 Å². The minimum absolute atomic E-state index is 0.00282. The Labute approximate surface area is 114 Å². The van der Waals surface area contributed by atoms with Gasteiger partial charge in [0, 0.05) is 12.2 Å². The number of rotatable bonds is 5. The molecule has 0 radical (unpaired) electrons. The van der Waals surface area contributed by atoms with Crippen LogP contribution in [0.25, 0.3) is 0 Å². The van der Waals surface area contributed by atoms with Crippen LogP contribution < -0.4 is 11.1 Å². The average molecular weight is 278 g/mol. The number of nitrogens with one attached hydrogen (secondary N) is 1. The van der Waals surface area contributed by atoms with Gasteiger partial charge in [-0.2, -0.15) is 0 Å². The number of thioether (sulfide) groups is 1. The van der Waals surface area contributed by atoms with Gasteiger partial charge in [-0.05, 0) is 23.6 Å². The first-order valence-corrected chi connectivity index (χ1v) is 7.43. The molecule has 2 rings (SSSR count). The number of hydrogen-bond donors (Lipinski definition) is 2. The van der Waals surface area contributed by atoms with E-state index in [2.05, 4.69) is 11.4 Å². The van der Waals surface area contributed by atoms with E-state index in [9.17, 15) is 4.79 Å². The zero-order chi connectivity index (χ0) is 12.8. The summed E-state index contributed by atoms with van der Waals surface area (Å²) < 4.78 is 1.24. The number of thiophene rings is 1. The summed E-state index contributed by atoms with van der Waals surface area (Å²) in [6.45, 7) is 0. The number of carbonyl (C=O) groups excluding carboxylic acids is 1. The van der Waals surface area contributed by atoms with Crippen LogP contribution in [0.5, 0.6) is 0 Å². The molecule has 5 heteroatoms. The van der Waals surface area contributed by atoms with Crippen LogP contribution in [0.4, 0.5) is 11.4 Å². The predicted molar refractivity (Wildman–Crippen MR) is 79.1 cm³/mol. The highest BCUT2D eigenvalue weighted by Gasteiger charge is 2.05. The molecule has 1 amide bonds. The third-order valence-corrected chi connectivity index (χ3v) is 4.44. The van der Waals surface area contributed by atoms with Gasteiger partial charge in [0.2, 0.25) is 5.91 Å². The largest absolute Gasteiger partial charge is 0.397 e. The lowest BCUT2D eigenvalue weighted by molar-refractivity contribution is -0.115. The maximum Gasteiger partial charge on any atom is 0.225 e. The van der Waals surface area contributed by atoms with Crippen LogP contribution in [0.3, 0.4) is 0 Å². The van der Waals surface area contributed by atoms with Crippen LogP contribution in [0.2, 0.25) is 0 Å². The molecule has 3 N–H and O–H groups in total. The Kier molecular flexibility index (Phi) is 4.66. The molecule has 0 aliphatic rings. The minimum atomic E-state index is -0.00282. The Bertz CT molecular complexity index is 511. The molecule has 3 nitrogen and oxygen atoms in total. The molecule has 0 saturated carbocycles. The molecule has 0 atom stereocenters. The first-order valence-electron chi connectivity index (χ1n) is 5.56. The van der Waals surface area contributed by atoms with Gasteiger partial charge in [0.1, 0.15) is 0 Å². The number of carbonyl (C=O) groups is 1. The molecule has 0 fully saturated rings. The van der Waals surface area contributed by atoms with E-state index in [4.69, 9.17) is 5.73 Å². The van der Waals surface area contributed by atoms with Crippen molar-refractivity contribution < 1.29 is 4.79 Å². The highest BCUT2D eigenvalue weighted by molar-refractivity contribution is 8.01. The van der Waals surface area contributed by atoms with Gasteiger partial charge >= 0.3 is 0 Å². The monoisotopic (exact) mass is 278 g/mol. The molecule has 18 heavy (non-hydrogen) atoms. The molecule has 0 aliphatic carbocycles. The number of nitrogen functional groups attached to an aromatic ring is 1. The van der Waals surface area contributed by atoms with Crippen LogP contribution in [0.1, 0.15) is 6.42 Å². The summed E-state index contributed by atoms with van der Waals surface area (Å²) in [6.07, 6.45) is 0.483. The molecule has 1 heterocycles. The highest BCUT2D eigenvalue weighted by atomic mass is 32.2. The molecule has 0 spiro atoms. The van der Waals surface area contributed by atoms with Crippen LogP contribution in [-0.2, 0) is 4.79 Å². The summed E-state index contributed by atoms with van der Waals surface area (Å²) in [4.78, 5) is 11.7. The lowest BCUT2D eigenvalue weighted by Crippen LogP contribution is -2.13. The van der Waals surface area contributed by atoms with E-state index in [1.165, 1.54) is 4.21 Å². The molecule has 2 aromatic rings. The Hall–Kier alpha value is -1.46. The summed E-state index contributed by atoms with van der Waals surface area (Å²) in [6, 6.07) is 11.3. The zero-order valence-electron chi connectivity index (χ0n) is 9.76. The average Bonchev–Trinajstić information content (AvgIpc) is 2.85. The van der Waals surface area contributed by atoms with Gasteiger partial charge in [-0.3, -0.25) is 4.79 Å². The van der Waals surface area contributed by atoms with Crippen LogP contribution in [0.15, 0.2) is 46.0 Å². The molecule has 0 aliphatic heterocycles. The summed E-state index contributed by atoms with van der Waals surface area (Å²) in [7, 11) is 0. The van der Waals surface area contributed by atoms with Crippen molar-refractivity contribution in [1.82, 2.24) is 0 Å². The van der Waals surface area contributed by atoms with Crippen molar-refractivity contribution in [2.75, 3.05) is 16.8 Å². The maximum absolute atomic E-state index is 11.7. The van der Waals surface area contributed by atoms with Gasteiger partial charge < -0.3 is 11.1 Å². The summed E-state index contributed by atoms with van der Waals surface area (Å²) in [5, 5.41) is 4.85. The molecular formula is C13H14N2OS2. The van der Waals surface area contributed by atoms with Gasteiger partial charge in [-0.1, -0.05) is 18.2 Å². The smallest absolute Gasteiger partial charge is 0.225 e. The van der Waals surface area contributed by atoms with Crippen molar-refractivity contribution in [3.8, 4) is 0 Å². The second-order valence-corrected chi connectivity index (χ2v) is 6.01. The van der Waals surface area contributed by atoms with Crippen molar-refractivity contribution in [3.05, 3.63) is 41.8 Å². The predicted octanol–water partition coefficient (Wildman–Crippen LogP) is 3.45. The quantitative estimate of drug-likeness (QED) is 0.650. The van der Waals surface area contributed by atoms with Crippen LogP contribution >= 0.6 is 23.1 Å². The molecule has 1 aromatic heterocycles. The molecule has 94 valence electrons. The third-order valence-electron chi connectivity index (χ3n) is 2.30. The van der Waals surface area contributed by atoms with E-state index in [-0.39, 0.29) is 5.91 Å². The fraction of sp³-hybridized carbons (Fsp3) is 0.154. The van der Waals surface area contributed by atoms with Gasteiger partial charge in [0.15, 0.2) is 0 Å². The molecule has 0 unspecified atom stereocenters. The second-order valence-electron chi connectivity index (χ2n) is 3.67.